The number of nitrogens with zero attached hydrogens (tertiary/aromatic N) is 2. The predicted octanol–water partition coefficient (Wildman–Crippen LogP) is 7.36. The number of methoxy groups -OCH3 is 1. The first-order valence-corrected chi connectivity index (χ1v) is 18.5. The van der Waals surface area contributed by atoms with Gasteiger partial charge in [-0.25, -0.2) is 14.3 Å². The van der Waals surface area contributed by atoms with Crippen LogP contribution in [0.4, 0.5) is 4.79 Å². The molecule has 50 heavy (non-hydrogen) atoms. The Morgan fingerprint density at radius 1 is 0.740 bits per heavy atom. The van der Waals surface area contributed by atoms with Gasteiger partial charge in [0.05, 0.1) is 25.8 Å². The molecule has 0 spiro atoms. The maximum atomic E-state index is 13.7. The van der Waals surface area contributed by atoms with Crippen molar-refractivity contribution in [3.05, 3.63) is 89.2 Å². The number of carbonyl (C=O) groups is 2. The quantitative estimate of drug-likeness (QED) is 0.0641. The SMILES string of the molecule is CCCCCCCCCCCCCCOc1ccc(COC(=O)N(Cc2cc[n+](CC)cc2)C(=O)c2ccccc2OC)cc1C(C)(C)C.[I-]. The Hall–Kier alpha value is -3.14. The number of imide groups is 1. The number of hydrogen-bond acceptors (Lipinski definition) is 5. The highest BCUT2D eigenvalue weighted by molar-refractivity contribution is 6.04. The van der Waals surface area contributed by atoms with E-state index in [0.29, 0.717) is 17.9 Å². The van der Waals surface area contributed by atoms with E-state index in [4.69, 9.17) is 14.2 Å². The van der Waals surface area contributed by atoms with Gasteiger partial charge in [-0.3, -0.25) is 4.79 Å². The number of para-hydroxylation sites is 1. The summed E-state index contributed by atoms with van der Waals surface area (Å²) in [6, 6.07) is 16.7. The third-order valence-electron chi connectivity index (χ3n) is 8.94. The number of halogens is 1. The largest absolute Gasteiger partial charge is 1.00 e. The van der Waals surface area contributed by atoms with Gasteiger partial charge in [-0.2, -0.15) is 0 Å². The Labute approximate surface area is 319 Å². The lowest BCUT2D eigenvalue weighted by Gasteiger charge is -2.24. The van der Waals surface area contributed by atoms with Crippen LogP contribution in [0.25, 0.3) is 0 Å². The summed E-state index contributed by atoms with van der Waals surface area (Å²) in [7, 11) is 1.51. The van der Waals surface area contributed by atoms with Crippen molar-refractivity contribution in [1.29, 1.82) is 0 Å². The van der Waals surface area contributed by atoms with Gasteiger partial charge in [-0.15, -0.1) is 0 Å². The smallest absolute Gasteiger partial charge is 0.417 e. The monoisotopic (exact) mass is 800 g/mol. The van der Waals surface area contributed by atoms with E-state index in [-0.39, 0.29) is 42.5 Å². The first-order valence-electron chi connectivity index (χ1n) is 18.5. The molecule has 7 nitrogen and oxygen atoms in total. The van der Waals surface area contributed by atoms with Gasteiger partial charge in [0, 0.05) is 12.1 Å². The molecule has 0 N–H and O–H groups in total. The van der Waals surface area contributed by atoms with Crippen molar-refractivity contribution in [2.45, 2.75) is 137 Å². The van der Waals surface area contributed by atoms with Crippen molar-refractivity contribution >= 4 is 12.0 Å². The Morgan fingerprint density at radius 3 is 1.92 bits per heavy atom. The van der Waals surface area contributed by atoms with Gasteiger partial charge in [0.1, 0.15) is 24.7 Å². The first kappa shape index (κ1) is 43.0. The number of benzene rings is 2. The van der Waals surface area contributed by atoms with E-state index in [9.17, 15) is 9.59 Å². The molecule has 0 unspecified atom stereocenters. The molecule has 0 saturated carbocycles. The van der Waals surface area contributed by atoms with Crippen LogP contribution in [0, 0.1) is 0 Å². The van der Waals surface area contributed by atoms with Crippen LogP contribution in [0.3, 0.4) is 0 Å². The Bertz CT molecular complexity index is 1420. The van der Waals surface area contributed by atoms with Crippen LogP contribution in [0.15, 0.2) is 67.0 Å². The molecule has 0 atom stereocenters. The second kappa shape index (κ2) is 23.4. The predicted molar refractivity (Wildman–Crippen MR) is 197 cm³/mol. The highest BCUT2D eigenvalue weighted by atomic mass is 127. The molecule has 1 heterocycles. The van der Waals surface area contributed by atoms with Crippen LogP contribution >= 0.6 is 0 Å². The molecular weight excluding hydrogens is 739 g/mol. The number of aromatic nitrogens is 1. The van der Waals surface area contributed by atoms with Crippen LogP contribution in [-0.4, -0.2) is 30.6 Å². The zero-order chi connectivity index (χ0) is 35.5. The Balaban J connectivity index is 0.00000867. The third-order valence-corrected chi connectivity index (χ3v) is 8.94. The van der Waals surface area contributed by atoms with Gasteiger partial charge in [0.2, 0.25) is 0 Å². The summed E-state index contributed by atoms with van der Waals surface area (Å²) in [6.07, 6.45) is 18.9. The Morgan fingerprint density at radius 2 is 1.34 bits per heavy atom. The van der Waals surface area contributed by atoms with Gasteiger partial charge in [-0.05, 0) is 59.7 Å². The molecule has 0 bridgehead atoms. The van der Waals surface area contributed by atoms with E-state index < -0.39 is 12.0 Å². The van der Waals surface area contributed by atoms with Crippen LogP contribution < -0.4 is 38.0 Å². The van der Waals surface area contributed by atoms with E-state index in [1.165, 1.54) is 77.7 Å². The van der Waals surface area contributed by atoms with Gasteiger partial charge in [0.25, 0.3) is 5.91 Å². The fourth-order valence-corrected chi connectivity index (χ4v) is 5.90. The van der Waals surface area contributed by atoms with Gasteiger partial charge >= 0.3 is 6.09 Å². The van der Waals surface area contributed by atoms with E-state index in [1.54, 1.807) is 24.3 Å². The van der Waals surface area contributed by atoms with E-state index in [0.717, 1.165) is 40.3 Å². The van der Waals surface area contributed by atoms with Crippen molar-refractivity contribution in [3.63, 3.8) is 0 Å². The van der Waals surface area contributed by atoms with Crippen LogP contribution in [0.2, 0.25) is 0 Å². The zero-order valence-corrected chi connectivity index (χ0v) is 33.6. The van der Waals surface area contributed by atoms with Crippen molar-refractivity contribution in [2.75, 3.05) is 13.7 Å². The van der Waals surface area contributed by atoms with Crippen LogP contribution in [-0.2, 0) is 29.8 Å². The maximum Gasteiger partial charge on any atom is 0.417 e. The number of aryl methyl sites for hydroxylation is 1. The molecule has 8 heteroatoms. The van der Waals surface area contributed by atoms with Crippen molar-refractivity contribution in [1.82, 2.24) is 4.90 Å². The summed E-state index contributed by atoms with van der Waals surface area (Å²) in [5, 5.41) is 0. The molecule has 0 radical (unpaired) electrons. The number of carbonyl (C=O) groups excluding carboxylic acids is 2. The standard InChI is InChI=1S/C42H61N2O5.HI/c1-7-9-10-11-12-13-14-15-16-17-18-21-30-48-39-25-24-35(31-37(39)42(3,4)5)33-49-41(46)44(32-34-26-28-43(8-2)29-27-34)40(45)36-22-19-20-23-38(36)47-6;/h19-20,22-29,31H,7-18,21,30,32-33H2,1-6H3;1H/q+1;/p-1. The molecule has 0 fully saturated rings. The minimum absolute atomic E-state index is 0. The third kappa shape index (κ3) is 14.6. The summed E-state index contributed by atoms with van der Waals surface area (Å²) < 4.78 is 19.5. The molecule has 3 rings (SSSR count). The van der Waals surface area contributed by atoms with Crippen LogP contribution in [0.5, 0.6) is 11.5 Å². The Kier molecular flexibility index (Phi) is 20.1. The summed E-state index contributed by atoms with van der Waals surface area (Å²) in [5.41, 5.74) is 2.85. The summed E-state index contributed by atoms with van der Waals surface area (Å²) in [5.74, 6) is 0.787. The summed E-state index contributed by atoms with van der Waals surface area (Å²) >= 11 is 0. The summed E-state index contributed by atoms with van der Waals surface area (Å²) in [4.78, 5) is 28.4. The van der Waals surface area contributed by atoms with Crippen molar-refractivity contribution in [2.24, 2.45) is 0 Å². The highest BCUT2D eigenvalue weighted by Crippen LogP contribution is 2.33. The van der Waals surface area contributed by atoms with Gasteiger partial charge in [-0.1, -0.05) is 117 Å². The van der Waals surface area contributed by atoms with E-state index in [2.05, 4.69) is 40.7 Å². The van der Waals surface area contributed by atoms with Crippen LogP contribution in [0.1, 0.15) is 139 Å². The fraction of sp³-hybridized carbons (Fsp3) is 0.548. The van der Waals surface area contributed by atoms with Crippen molar-refractivity contribution in [3.8, 4) is 11.5 Å². The number of pyridine rings is 1. The fourth-order valence-electron chi connectivity index (χ4n) is 5.90. The number of rotatable bonds is 21. The first-order chi connectivity index (χ1) is 23.7. The molecule has 3 aromatic rings. The normalized spacial score (nSPS) is 11.1. The topological polar surface area (TPSA) is 69.0 Å². The molecule has 0 aliphatic heterocycles. The average Bonchev–Trinajstić information content (AvgIpc) is 3.11. The molecule has 1 aromatic heterocycles. The molecule has 0 aliphatic carbocycles. The minimum atomic E-state index is -0.715. The second-order valence-corrected chi connectivity index (χ2v) is 14.0. The maximum absolute atomic E-state index is 13.7. The van der Waals surface area contributed by atoms with Gasteiger partial charge in [0.15, 0.2) is 12.4 Å². The van der Waals surface area contributed by atoms with Crippen molar-refractivity contribution < 1.29 is 52.3 Å². The van der Waals surface area contributed by atoms with Gasteiger partial charge < -0.3 is 38.2 Å². The minimum Gasteiger partial charge on any atom is -1.00 e. The molecule has 276 valence electrons. The van der Waals surface area contributed by atoms with E-state index in [1.807, 2.05) is 41.2 Å². The molecule has 0 saturated heterocycles. The lowest BCUT2D eigenvalue weighted by atomic mass is 9.85. The average molecular weight is 801 g/mol. The molecule has 2 aromatic carbocycles. The highest BCUT2D eigenvalue weighted by Gasteiger charge is 2.28. The number of unbranched alkanes of at least 4 members (excludes halogenated alkanes) is 11. The number of amides is 2. The zero-order valence-electron chi connectivity index (χ0n) is 31.5. The van der Waals surface area contributed by atoms with E-state index >= 15 is 0 Å². The lowest BCUT2D eigenvalue weighted by molar-refractivity contribution is -0.693. The summed E-state index contributed by atoms with van der Waals surface area (Å²) in [6.45, 7) is 12.4. The molecule has 2 amide bonds. The molecular formula is C42H61IN2O5. The number of ether oxygens (including phenoxy) is 3. The lowest BCUT2D eigenvalue weighted by Crippen LogP contribution is -3.00. The second-order valence-electron chi connectivity index (χ2n) is 14.0. The molecule has 0 aliphatic rings. The number of hydrogen-bond donors (Lipinski definition) is 0.